The van der Waals surface area contributed by atoms with Crippen LogP contribution in [0.4, 0.5) is 0 Å². The first-order valence-corrected chi connectivity index (χ1v) is 10.9. The molecule has 2 heterocycles. The Morgan fingerprint density at radius 1 is 1.30 bits per heavy atom. The van der Waals surface area contributed by atoms with E-state index in [-0.39, 0.29) is 0 Å². The summed E-state index contributed by atoms with van der Waals surface area (Å²) in [5.41, 5.74) is 1.46. The standard InChI is InChI=1S/C22H37N3O2/c1-5-7-21-23-24-22(27-21)12-17-11-20(15(2)3)18(10-16(17)4)13-25-9-6-8-19(25)14-26/h10,15,17-20,26H,5-9,11-14H2,1-4H3/t17-,18-,19-,20-/m0/s1. The molecule has 1 aliphatic carbocycles. The number of rotatable bonds is 8. The molecule has 0 bridgehead atoms. The van der Waals surface area contributed by atoms with E-state index in [1.165, 1.54) is 18.4 Å². The summed E-state index contributed by atoms with van der Waals surface area (Å²) < 4.78 is 5.85. The maximum atomic E-state index is 9.66. The molecule has 1 aromatic heterocycles. The highest BCUT2D eigenvalue weighted by molar-refractivity contribution is 5.14. The molecular weight excluding hydrogens is 338 g/mol. The van der Waals surface area contributed by atoms with Gasteiger partial charge in [0.1, 0.15) is 0 Å². The van der Waals surface area contributed by atoms with E-state index in [0.717, 1.165) is 50.6 Å². The van der Waals surface area contributed by atoms with Crippen LogP contribution in [0.15, 0.2) is 16.1 Å². The van der Waals surface area contributed by atoms with Gasteiger partial charge in [-0.1, -0.05) is 32.4 Å². The van der Waals surface area contributed by atoms with Gasteiger partial charge in [0.15, 0.2) is 0 Å². The van der Waals surface area contributed by atoms with Gasteiger partial charge < -0.3 is 9.52 Å². The summed E-state index contributed by atoms with van der Waals surface area (Å²) in [7, 11) is 0. The zero-order chi connectivity index (χ0) is 19.4. The lowest BCUT2D eigenvalue weighted by molar-refractivity contribution is 0.117. The predicted molar refractivity (Wildman–Crippen MR) is 107 cm³/mol. The van der Waals surface area contributed by atoms with E-state index in [4.69, 9.17) is 4.42 Å². The summed E-state index contributed by atoms with van der Waals surface area (Å²) in [6.45, 7) is 11.6. The van der Waals surface area contributed by atoms with Gasteiger partial charge in [0.25, 0.3) is 0 Å². The Bertz CT molecular complexity index is 625. The van der Waals surface area contributed by atoms with Crippen LogP contribution in [0.5, 0.6) is 0 Å². The van der Waals surface area contributed by atoms with Gasteiger partial charge in [-0.05, 0) is 62.8 Å². The topological polar surface area (TPSA) is 62.4 Å². The molecule has 1 aliphatic heterocycles. The van der Waals surface area contributed by atoms with Crippen LogP contribution in [-0.2, 0) is 12.8 Å². The smallest absolute Gasteiger partial charge is 0.217 e. The second kappa shape index (κ2) is 9.33. The first-order chi connectivity index (χ1) is 13.0. The first-order valence-electron chi connectivity index (χ1n) is 10.9. The lowest BCUT2D eigenvalue weighted by Gasteiger charge is -2.39. The fraction of sp³-hybridized carbons (Fsp3) is 0.818. The summed E-state index contributed by atoms with van der Waals surface area (Å²) in [5, 5.41) is 18.1. The molecule has 2 aliphatic rings. The molecule has 1 N–H and O–H groups in total. The highest BCUT2D eigenvalue weighted by Crippen LogP contribution is 2.40. The average Bonchev–Trinajstić information content (AvgIpc) is 3.26. The first kappa shape index (κ1) is 20.5. The van der Waals surface area contributed by atoms with E-state index in [1.807, 2.05) is 0 Å². The zero-order valence-corrected chi connectivity index (χ0v) is 17.5. The summed E-state index contributed by atoms with van der Waals surface area (Å²) in [6, 6.07) is 0.361. The van der Waals surface area contributed by atoms with E-state index in [2.05, 4.69) is 48.9 Å². The van der Waals surface area contributed by atoms with Crippen molar-refractivity contribution in [2.24, 2.45) is 23.7 Å². The monoisotopic (exact) mass is 375 g/mol. The Kier molecular flexibility index (Phi) is 7.10. The summed E-state index contributed by atoms with van der Waals surface area (Å²) in [6.07, 6.45) is 8.81. The van der Waals surface area contributed by atoms with E-state index in [9.17, 15) is 5.11 Å². The van der Waals surface area contributed by atoms with Gasteiger partial charge in [-0.3, -0.25) is 4.90 Å². The van der Waals surface area contributed by atoms with Crippen molar-refractivity contribution in [3.8, 4) is 0 Å². The number of aryl methyl sites for hydroxylation is 1. The molecule has 3 rings (SSSR count). The van der Waals surface area contributed by atoms with Crippen molar-refractivity contribution < 1.29 is 9.52 Å². The van der Waals surface area contributed by atoms with Crippen LogP contribution in [0, 0.1) is 23.7 Å². The molecule has 0 radical (unpaired) electrons. The van der Waals surface area contributed by atoms with Crippen LogP contribution in [0.1, 0.15) is 65.2 Å². The quantitative estimate of drug-likeness (QED) is 0.699. The van der Waals surface area contributed by atoms with Crippen LogP contribution >= 0.6 is 0 Å². The molecule has 1 aromatic rings. The van der Waals surface area contributed by atoms with E-state index in [0.29, 0.717) is 36.3 Å². The molecule has 1 saturated heterocycles. The number of likely N-dealkylation sites (tertiary alicyclic amines) is 1. The van der Waals surface area contributed by atoms with Crippen molar-refractivity contribution in [2.45, 2.75) is 72.3 Å². The van der Waals surface area contributed by atoms with E-state index in [1.54, 1.807) is 0 Å². The van der Waals surface area contributed by atoms with Crippen molar-refractivity contribution in [1.82, 2.24) is 15.1 Å². The number of hydrogen-bond acceptors (Lipinski definition) is 5. The van der Waals surface area contributed by atoms with E-state index < -0.39 is 0 Å². The lowest BCUT2D eigenvalue weighted by Crippen LogP contribution is -2.40. The van der Waals surface area contributed by atoms with Crippen molar-refractivity contribution in [3.63, 3.8) is 0 Å². The highest BCUT2D eigenvalue weighted by Gasteiger charge is 2.35. The molecular formula is C22H37N3O2. The van der Waals surface area contributed by atoms with Gasteiger partial charge in [-0.15, -0.1) is 10.2 Å². The maximum Gasteiger partial charge on any atom is 0.217 e. The lowest BCUT2D eigenvalue weighted by atomic mass is 9.69. The van der Waals surface area contributed by atoms with Crippen LogP contribution < -0.4 is 0 Å². The van der Waals surface area contributed by atoms with Gasteiger partial charge in [0.2, 0.25) is 11.8 Å². The molecule has 152 valence electrons. The fourth-order valence-corrected chi connectivity index (χ4v) is 5.00. The zero-order valence-electron chi connectivity index (χ0n) is 17.5. The fourth-order valence-electron chi connectivity index (χ4n) is 5.00. The molecule has 4 atom stereocenters. The second-order valence-electron chi connectivity index (χ2n) is 8.93. The molecule has 27 heavy (non-hydrogen) atoms. The Labute approximate surface area is 164 Å². The SMILES string of the molecule is CCCc1nnc(C[C@@H]2C[C@@H](C(C)C)[C@H](CN3CCC[C@H]3CO)C=C2C)o1. The Balaban J connectivity index is 1.69. The molecule has 0 saturated carbocycles. The normalized spacial score (nSPS) is 29.5. The van der Waals surface area contributed by atoms with Gasteiger partial charge in [-0.2, -0.15) is 0 Å². The molecule has 0 unspecified atom stereocenters. The number of aliphatic hydroxyl groups is 1. The second-order valence-corrected chi connectivity index (χ2v) is 8.93. The maximum absolute atomic E-state index is 9.66. The minimum absolute atomic E-state index is 0.293. The largest absolute Gasteiger partial charge is 0.425 e. The van der Waals surface area contributed by atoms with Crippen molar-refractivity contribution in [3.05, 3.63) is 23.4 Å². The summed E-state index contributed by atoms with van der Waals surface area (Å²) >= 11 is 0. The Hall–Kier alpha value is -1.20. The van der Waals surface area contributed by atoms with Crippen molar-refractivity contribution in [2.75, 3.05) is 19.7 Å². The third kappa shape index (κ3) is 5.00. The number of aromatic nitrogens is 2. The van der Waals surface area contributed by atoms with Gasteiger partial charge in [0, 0.05) is 25.4 Å². The average molecular weight is 376 g/mol. The Morgan fingerprint density at radius 2 is 2.07 bits per heavy atom. The van der Waals surface area contributed by atoms with E-state index >= 15 is 0 Å². The molecule has 5 heteroatoms. The van der Waals surface area contributed by atoms with Gasteiger partial charge in [0.05, 0.1) is 6.61 Å². The number of aliphatic hydroxyl groups excluding tert-OH is 1. The van der Waals surface area contributed by atoms with Crippen LogP contribution in [0.2, 0.25) is 0 Å². The molecule has 1 fully saturated rings. The van der Waals surface area contributed by atoms with Crippen LogP contribution in [0.3, 0.4) is 0 Å². The molecule has 0 spiro atoms. The van der Waals surface area contributed by atoms with Crippen LogP contribution in [0.25, 0.3) is 0 Å². The van der Waals surface area contributed by atoms with Crippen LogP contribution in [-0.4, -0.2) is 45.9 Å². The highest BCUT2D eigenvalue weighted by atomic mass is 16.4. The third-order valence-electron chi connectivity index (χ3n) is 6.63. The van der Waals surface area contributed by atoms with Crippen molar-refractivity contribution in [1.29, 1.82) is 0 Å². The predicted octanol–water partition coefficient (Wildman–Crippen LogP) is 3.88. The minimum atomic E-state index is 0.293. The number of allylic oxidation sites excluding steroid dienone is 1. The van der Waals surface area contributed by atoms with Crippen molar-refractivity contribution >= 4 is 0 Å². The molecule has 5 nitrogen and oxygen atoms in total. The summed E-state index contributed by atoms with van der Waals surface area (Å²) in [5.74, 6) is 3.94. The number of nitrogens with zero attached hydrogens (tertiary/aromatic N) is 3. The molecule has 0 aromatic carbocycles. The van der Waals surface area contributed by atoms with Gasteiger partial charge >= 0.3 is 0 Å². The molecule has 0 amide bonds. The number of hydrogen-bond donors (Lipinski definition) is 1. The van der Waals surface area contributed by atoms with Gasteiger partial charge in [-0.25, -0.2) is 0 Å². The minimum Gasteiger partial charge on any atom is -0.425 e. The summed E-state index contributed by atoms with van der Waals surface area (Å²) in [4.78, 5) is 2.51. The Morgan fingerprint density at radius 3 is 2.78 bits per heavy atom. The third-order valence-corrected chi connectivity index (χ3v) is 6.63.